The summed E-state index contributed by atoms with van der Waals surface area (Å²) in [6.45, 7) is 12.2. The monoisotopic (exact) mass is 306 g/mol. The van der Waals surface area contributed by atoms with Crippen molar-refractivity contribution in [3.05, 3.63) is 23.2 Å². The standard InChI is InChI=1S/C19H30O3/c1-12(2)17-13(3)11-16(21-17)14-7-9-15(10-8-14)18(20)22-19(4,5)6/h11-12,14-15H,7-10H2,1-6H3. The number of carbonyl (C=O) groups excluding carboxylic acids is 1. The van der Waals surface area contributed by atoms with Crippen molar-refractivity contribution >= 4 is 5.97 Å². The first-order chi connectivity index (χ1) is 10.2. The Kier molecular flexibility index (Phi) is 5.03. The molecule has 0 unspecified atom stereocenters. The van der Waals surface area contributed by atoms with Crippen LogP contribution in [0.2, 0.25) is 0 Å². The number of rotatable bonds is 3. The molecule has 3 heteroatoms. The highest BCUT2D eigenvalue weighted by molar-refractivity contribution is 5.73. The molecule has 0 spiro atoms. The van der Waals surface area contributed by atoms with E-state index in [1.807, 2.05) is 20.8 Å². The van der Waals surface area contributed by atoms with Crippen LogP contribution in [0.15, 0.2) is 10.5 Å². The van der Waals surface area contributed by atoms with Gasteiger partial charge in [-0.15, -0.1) is 0 Å². The van der Waals surface area contributed by atoms with E-state index in [0.717, 1.165) is 37.2 Å². The topological polar surface area (TPSA) is 39.4 Å². The summed E-state index contributed by atoms with van der Waals surface area (Å²) in [5.41, 5.74) is 0.859. The van der Waals surface area contributed by atoms with Crippen LogP contribution in [0, 0.1) is 12.8 Å². The Bertz CT molecular complexity index is 511. The Hall–Kier alpha value is -1.25. The lowest BCUT2D eigenvalue weighted by atomic mass is 9.81. The van der Waals surface area contributed by atoms with Crippen LogP contribution in [-0.4, -0.2) is 11.6 Å². The third-order valence-corrected chi connectivity index (χ3v) is 4.37. The maximum absolute atomic E-state index is 12.2. The van der Waals surface area contributed by atoms with Gasteiger partial charge in [0, 0.05) is 11.8 Å². The van der Waals surface area contributed by atoms with Crippen molar-refractivity contribution in [3.63, 3.8) is 0 Å². The minimum Gasteiger partial charge on any atom is -0.465 e. The molecule has 0 aliphatic heterocycles. The van der Waals surface area contributed by atoms with Gasteiger partial charge in [0.1, 0.15) is 17.1 Å². The quantitative estimate of drug-likeness (QED) is 0.709. The molecule has 0 amide bonds. The fourth-order valence-electron chi connectivity index (χ4n) is 3.29. The number of aryl methyl sites for hydroxylation is 1. The molecule has 1 saturated carbocycles. The molecule has 0 atom stereocenters. The predicted octanol–water partition coefficient (Wildman–Crippen LogP) is 5.33. The molecule has 1 heterocycles. The molecule has 0 saturated heterocycles. The van der Waals surface area contributed by atoms with E-state index in [1.54, 1.807) is 0 Å². The predicted molar refractivity (Wildman–Crippen MR) is 88.1 cm³/mol. The Labute approximate surface area is 134 Å². The minimum absolute atomic E-state index is 0.0376. The molecule has 124 valence electrons. The number of furan rings is 1. The molecule has 0 aromatic carbocycles. The molecule has 2 rings (SSSR count). The van der Waals surface area contributed by atoms with E-state index in [-0.39, 0.29) is 11.9 Å². The maximum atomic E-state index is 12.2. The van der Waals surface area contributed by atoms with Crippen molar-refractivity contribution in [2.24, 2.45) is 5.92 Å². The lowest BCUT2D eigenvalue weighted by Gasteiger charge is -2.29. The zero-order chi connectivity index (χ0) is 16.5. The zero-order valence-electron chi connectivity index (χ0n) is 14.9. The first-order valence-electron chi connectivity index (χ1n) is 8.50. The molecule has 0 N–H and O–H groups in total. The van der Waals surface area contributed by atoms with E-state index in [0.29, 0.717) is 11.8 Å². The normalized spacial score (nSPS) is 22.9. The summed E-state index contributed by atoms with van der Waals surface area (Å²) in [7, 11) is 0. The lowest BCUT2D eigenvalue weighted by Crippen LogP contribution is -2.30. The van der Waals surface area contributed by atoms with Crippen molar-refractivity contribution in [2.45, 2.75) is 84.7 Å². The van der Waals surface area contributed by atoms with Crippen molar-refractivity contribution in [3.8, 4) is 0 Å². The fourth-order valence-corrected chi connectivity index (χ4v) is 3.29. The first-order valence-corrected chi connectivity index (χ1v) is 8.50. The average molecular weight is 306 g/mol. The van der Waals surface area contributed by atoms with Gasteiger partial charge in [-0.3, -0.25) is 4.79 Å². The third kappa shape index (κ3) is 4.15. The van der Waals surface area contributed by atoms with Gasteiger partial charge in [-0.25, -0.2) is 0 Å². The van der Waals surface area contributed by atoms with Crippen LogP contribution >= 0.6 is 0 Å². The van der Waals surface area contributed by atoms with E-state index < -0.39 is 5.60 Å². The summed E-state index contributed by atoms with van der Waals surface area (Å²) < 4.78 is 11.6. The number of esters is 1. The second-order valence-corrected chi connectivity index (χ2v) is 7.93. The van der Waals surface area contributed by atoms with Gasteiger partial charge in [-0.05, 0) is 65.0 Å². The largest absolute Gasteiger partial charge is 0.465 e. The van der Waals surface area contributed by atoms with Crippen molar-refractivity contribution in [2.75, 3.05) is 0 Å². The molecule has 0 radical (unpaired) electrons. The molecule has 0 bridgehead atoms. The van der Waals surface area contributed by atoms with Crippen LogP contribution in [0.3, 0.4) is 0 Å². The van der Waals surface area contributed by atoms with Crippen LogP contribution in [0.5, 0.6) is 0 Å². The summed E-state index contributed by atoms with van der Waals surface area (Å²) in [6, 6.07) is 2.19. The van der Waals surface area contributed by atoms with E-state index in [4.69, 9.17) is 9.15 Å². The molecule has 3 nitrogen and oxygen atoms in total. The lowest BCUT2D eigenvalue weighted by molar-refractivity contribution is -0.161. The first kappa shape index (κ1) is 17.1. The Balaban J connectivity index is 1.95. The Morgan fingerprint density at radius 1 is 1.23 bits per heavy atom. The van der Waals surface area contributed by atoms with Gasteiger partial charge >= 0.3 is 5.97 Å². The third-order valence-electron chi connectivity index (χ3n) is 4.37. The van der Waals surface area contributed by atoms with Gasteiger partial charge < -0.3 is 9.15 Å². The van der Waals surface area contributed by atoms with Crippen LogP contribution in [0.1, 0.15) is 89.2 Å². The minimum atomic E-state index is -0.391. The summed E-state index contributed by atoms with van der Waals surface area (Å²) in [5, 5.41) is 0. The Morgan fingerprint density at radius 2 is 1.82 bits per heavy atom. The summed E-state index contributed by atoms with van der Waals surface area (Å²) >= 11 is 0. The summed E-state index contributed by atoms with van der Waals surface area (Å²) in [5.74, 6) is 3.09. The van der Waals surface area contributed by atoms with Gasteiger partial charge in [-0.2, -0.15) is 0 Å². The van der Waals surface area contributed by atoms with Gasteiger partial charge in [-0.1, -0.05) is 13.8 Å². The van der Waals surface area contributed by atoms with Gasteiger partial charge in [0.05, 0.1) is 5.92 Å². The fraction of sp³-hybridized carbons (Fsp3) is 0.737. The zero-order valence-corrected chi connectivity index (χ0v) is 14.9. The highest BCUT2D eigenvalue weighted by Gasteiger charge is 2.31. The number of carbonyl (C=O) groups is 1. The second kappa shape index (κ2) is 6.47. The highest BCUT2D eigenvalue weighted by Crippen LogP contribution is 2.39. The molecule has 1 aromatic rings. The van der Waals surface area contributed by atoms with Crippen LogP contribution in [0.4, 0.5) is 0 Å². The van der Waals surface area contributed by atoms with E-state index in [2.05, 4.69) is 26.8 Å². The van der Waals surface area contributed by atoms with Crippen LogP contribution < -0.4 is 0 Å². The summed E-state index contributed by atoms with van der Waals surface area (Å²) in [6.07, 6.45) is 3.81. The molecule has 1 aliphatic rings. The van der Waals surface area contributed by atoms with Gasteiger partial charge in [0.2, 0.25) is 0 Å². The molecular formula is C19H30O3. The van der Waals surface area contributed by atoms with E-state index >= 15 is 0 Å². The van der Waals surface area contributed by atoms with Gasteiger partial charge in [0.15, 0.2) is 0 Å². The highest BCUT2D eigenvalue weighted by atomic mass is 16.6. The maximum Gasteiger partial charge on any atom is 0.309 e. The van der Waals surface area contributed by atoms with Crippen LogP contribution in [0.25, 0.3) is 0 Å². The number of hydrogen-bond donors (Lipinski definition) is 0. The Morgan fingerprint density at radius 3 is 2.27 bits per heavy atom. The van der Waals surface area contributed by atoms with Crippen molar-refractivity contribution in [1.29, 1.82) is 0 Å². The number of hydrogen-bond acceptors (Lipinski definition) is 3. The van der Waals surface area contributed by atoms with Crippen LogP contribution in [-0.2, 0) is 9.53 Å². The SMILES string of the molecule is Cc1cc(C2CCC(C(=O)OC(C)(C)C)CC2)oc1C(C)C. The van der Waals surface area contributed by atoms with E-state index in [9.17, 15) is 4.79 Å². The molecule has 1 fully saturated rings. The average Bonchev–Trinajstić information content (AvgIpc) is 2.79. The molecular weight excluding hydrogens is 276 g/mol. The van der Waals surface area contributed by atoms with Crippen molar-refractivity contribution in [1.82, 2.24) is 0 Å². The molecule has 1 aliphatic carbocycles. The van der Waals surface area contributed by atoms with Gasteiger partial charge in [0.25, 0.3) is 0 Å². The van der Waals surface area contributed by atoms with E-state index in [1.165, 1.54) is 5.56 Å². The molecule has 1 aromatic heterocycles. The van der Waals surface area contributed by atoms with Crippen molar-refractivity contribution < 1.29 is 13.9 Å². The number of ether oxygens (including phenoxy) is 1. The summed E-state index contributed by atoms with van der Waals surface area (Å²) in [4.78, 5) is 12.2. The smallest absolute Gasteiger partial charge is 0.309 e. The molecule has 22 heavy (non-hydrogen) atoms. The second-order valence-electron chi connectivity index (χ2n) is 7.93.